The molecule has 0 aromatic rings. The molecule has 9 heavy (non-hydrogen) atoms. The number of rotatable bonds is 0. The second-order valence-corrected chi connectivity index (χ2v) is 3.47. The van der Waals surface area contributed by atoms with E-state index in [1.165, 1.54) is 6.42 Å². The molecular formula is C7H13NO. The van der Waals surface area contributed by atoms with Gasteiger partial charge in [0.2, 0.25) is 0 Å². The highest BCUT2D eigenvalue weighted by molar-refractivity contribution is 4.97. The van der Waals surface area contributed by atoms with E-state index in [0.29, 0.717) is 12.0 Å². The van der Waals surface area contributed by atoms with E-state index in [4.69, 9.17) is 5.73 Å². The summed E-state index contributed by atoms with van der Waals surface area (Å²) in [6.45, 7) is 0. The fourth-order valence-corrected chi connectivity index (χ4v) is 2.37. The van der Waals surface area contributed by atoms with Gasteiger partial charge in [0.1, 0.15) is 0 Å². The molecule has 52 valence electrons. The van der Waals surface area contributed by atoms with Crippen molar-refractivity contribution < 1.29 is 5.11 Å². The topological polar surface area (TPSA) is 46.2 Å². The lowest BCUT2D eigenvalue weighted by Gasteiger charge is -2.21. The van der Waals surface area contributed by atoms with E-state index in [0.717, 1.165) is 18.8 Å². The lowest BCUT2D eigenvalue weighted by atomic mass is 9.94. The van der Waals surface area contributed by atoms with Crippen LogP contribution in [0.4, 0.5) is 0 Å². The molecule has 0 amide bonds. The molecule has 2 saturated carbocycles. The Morgan fingerprint density at radius 3 is 2.33 bits per heavy atom. The molecule has 2 bridgehead atoms. The molecule has 2 heteroatoms. The first kappa shape index (κ1) is 5.69. The highest BCUT2D eigenvalue weighted by Crippen LogP contribution is 2.43. The van der Waals surface area contributed by atoms with Crippen LogP contribution in [0, 0.1) is 11.8 Å². The largest absolute Gasteiger partial charge is 0.393 e. The van der Waals surface area contributed by atoms with Gasteiger partial charge >= 0.3 is 0 Å². The van der Waals surface area contributed by atoms with Gasteiger partial charge in [-0.2, -0.15) is 0 Å². The predicted molar refractivity (Wildman–Crippen MR) is 34.8 cm³/mol. The molecule has 0 aromatic heterocycles. The predicted octanol–water partition coefficient (Wildman–Crippen LogP) is 0.104. The van der Waals surface area contributed by atoms with Crippen molar-refractivity contribution in [2.24, 2.45) is 17.6 Å². The number of nitrogens with two attached hydrogens (primary N) is 1. The van der Waals surface area contributed by atoms with Gasteiger partial charge < -0.3 is 10.8 Å². The van der Waals surface area contributed by atoms with Crippen LogP contribution in [-0.2, 0) is 0 Å². The molecule has 2 nitrogen and oxygen atoms in total. The molecule has 0 saturated heterocycles. The Morgan fingerprint density at radius 1 is 1.22 bits per heavy atom. The van der Waals surface area contributed by atoms with Crippen molar-refractivity contribution in [1.29, 1.82) is 0 Å². The van der Waals surface area contributed by atoms with Crippen molar-refractivity contribution in [3.05, 3.63) is 0 Å². The highest BCUT2D eigenvalue weighted by Gasteiger charge is 2.43. The fraction of sp³-hybridized carbons (Fsp3) is 1.00. The number of hydrogen-bond acceptors (Lipinski definition) is 2. The summed E-state index contributed by atoms with van der Waals surface area (Å²) in [6, 6.07) is 0.304. The maximum Gasteiger partial charge on any atom is 0.0585 e. The van der Waals surface area contributed by atoms with Crippen LogP contribution in [0.15, 0.2) is 0 Å². The monoisotopic (exact) mass is 127 g/mol. The van der Waals surface area contributed by atoms with Gasteiger partial charge in [-0.25, -0.2) is 0 Å². The van der Waals surface area contributed by atoms with Crippen molar-refractivity contribution in [2.75, 3.05) is 0 Å². The molecule has 2 rings (SSSR count). The summed E-state index contributed by atoms with van der Waals surface area (Å²) in [5, 5.41) is 9.31. The van der Waals surface area contributed by atoms with E-state index in [1.54, 1.807) is 0 Å². The SMILES string of the molecule is N[C@H]1C[C@@H]2C[C@@H]1[C@@H](O)C2. The summed E-state index contributed by atoms with van der Waals surface area (Å²) >= 11 is 0. The minimum atomic E-state index is -0.0706. The van der Waals surface area contributed by atoms with Gasteiger partial charge in [-0.1, -0.05) is 0 Å². The Labute approximate surface area is 55.1 Å². The Balaban J connectivity index is 2.13. The summed E-state index contributed by atoms with van der Waals surface area (Å²) in [4.78, 5) is 0. The van der Waals surface area contributed by atoms with Crippen LogP contribution in [0.3, 0.4) is 0 Å². The Morgan fingerprint density at radius 2 is 2.00 bits per heavy atom. The molecule has 0 heterocycles. The second kappa shape index (κ2) is 1.70. The van der Waals surface area contributed by atoms with E-state index in [-0.39, 0.29) is 6.10 Å². The van der Waals surface area contributed by atoms with Gasteiger partial charge in [0.25, 0.3) is 0 Å². The molecule has 0 radical (unpaired) electrons. The van der Waals surface area contributed by atoms with Gasteiger partial charge in [-0.15, -0.1) is 0 Å². The first-order chi connectivity index (χ1) is 4.27. The second-order valence-electron chi connectivity index (χ2n) is 3.47. The van der Waals surface area contributed by atoms with Crippen molar-refractivity contribution in [2.45, 2.75) is 31.4 Å². The summed E-state index contributed by atoms with van der Waals surface area (Å²) < 4.78 is 0. The third kappa shape index (κ3) is 0.700. The van der Waals surface area contributed by atoms with Crippen LogP contribution in [0.2, 0.25) is 0 Å². The molecule has 0 aromatic carbocycles. The third-order valence-corrected chi connectivity index (χ3v) is 2.83. The maximum atomic E-state index is 9.31. The van der Waals surface area contributed by atoms with E-state index in [9.17, 15) is 5.11 Å². The summed E-state index contributed by atoms with van der Waals surface area (Å²) in [5.74, 6) is 1.19. The van der Waals surface area contributed by atoms with Crippen molar-refractivity contribution >= 4 is 0 Å². The molecule has 2 aliphatic carbocycles. The van der Waals surface area contributed by atoms with Crippen LogP contribution in [0.1, 0.15) is 19.3 Å². The zero-order chi connectivity index (χ0) is 6.43. The van der Waals surface area contributed by atoms with E-state index in [2.05, 4.69) is 0 Å². The lowest BCUT2D eigenvalue weighted by Crippen LogP contribution is -2.34. The first-order valence-corrected chi connectivity index (χ1v) is 3.71. The van der Waals surface area contributed by atoms with Crippen LogP contribution in [0.25, 0.3) is 0 Å². The summed E-state index contributed by atoms with van der Waals surface area (Å²) in [5.41, 5.74) is 5.75. The first-order valence-electron chi connectivity index (χ1n) is 3.71. The molecular weight excluding hydrogens is 114 g/mol. The van der Waals surface area contributed by atoms with Gasteiger partial charge in [0, 0.05) is 12.0 Å². The normalized spacial score (nSPS) is 56.7. The molecule has 2 fully saturated rings. The van der Waals surface area contributed by atoms with Gasteiger partial charge in [0.15, 0.2) is 0 Å². The van der Waals surface area contributed by atoms with Gasteiger partial charge in [-0.3, -0.25) is 0 Å². The highest BCUT2D eigenvalue weighted by atomic mass is 16.3. The zero-order valence-corrected chi connectivity index (χ0v) is 5.46. The minimum Gasteiger partial charge on any atom is -0.393 e. The van der Waals surface area contributed by atoms with Crippen molar-refractivity contribution in [1.82, 2.24) is 0 Å². The van der Waals surface area contributed by atoms with E-state index < -0.39 is 0 Å². The van der Waals surface area contributed by atoms with Crippen LogP contribution in [-0.4, -0.2) is 17.3 Å². The van der Waals surface area contributed by atoms with Crippen molar-refractivity contribution in [3.8, 4) is 0 Å². The summed E-state index contributed by atoms with van der Waals surface area (Å²) in [7, 11) is 0. The standard InChI is InChI=1S/C7H13NO/c8-6-2-4-1-5(6)7(9)3-4/h4-7,9H,1-3,8H2/t4-,5-,6-,7-/m0/s1. The Kier molecular flexibility index (Phi) is 1.08. The Bertz CT molecular complexity index is 114. The maximum absolute atomic E-state index is 9.31. The minimum absolute atomic E-state index is 0.0706. The Hall–Kier alpha value is -0.0800. The molecule has 0 spiro atoms. The molecule has 4 atom stereocenters. The lowest BCUT2D eigenvalue weighted by molar-refractivity contribution is 0.103. The fourth-order valence-electron chi connectivity index (χ4n) is 2.37. The average molecular weight is 127 g/mol. The number of fused-ring (bicyclic) bond motifs is 2. The molecule has 3 N–H and O–H groups in total. The van der Waals surface area contributed by atoms with Crippen LogP contribution in [0.5, 0.6) is 0 Å². The molecule has 0 unspecified atom stereocenters. The molecule has 0 aliphatic heterocycles. The number of aliphatic hydroxyl groups excluding tert-OH is 1. The number of aliphatic hydroxyl groups is 1. The third-order valence-electron chi connectivity index (χ3n) is 2.83. The van der Waals surface area contributed by atoms with Gasteiger partial charge in [-0.05, 0) is 25.2 Å². The smallest absolute Gasteiger partial charge is 0.0585 e. The molecule has 2 aliphatic rings. The van der Waals surface area contributed by atoms with Crippen LogP contribution >= 0.6 is 0 Å². The zero-order valence-electron chi connectivity index (χ0n) is 5.46. The average Bonchev–Trinajstić information content (AvgIpc) is 2.22. The van der Waals surface area contributed by atoms with E-state index in [1.807, 2.05) is 0 Å². The van der Waals surface area contributed by atoms with Gasteiger partial charge in [0.05, 0.1) is 6.10 Å². The quantitative estimate of drug-likeness (QED) is 0.485. The van der Waals surface area contributed by atoms with Crippen LogP contribution < -0.4 is 5.73 Å². The number of hydrogen-bond donors (Lipinski definition) is 2. The summed E-state index contributed by atoms with van der Waals surface area (Å²) in [6.07, 6.45) is 3.28. The van der Waals surface area contributed by atoms with Crippen molar-refractivity contribution in [3.63, 3.8) is 0 Å². The van der Waals surface area contributed by atoms with E-state index >= 15 is 0 Å².